The van der Waals surface area contributed by atoms with E-state index in [-0.39, 0.29) is 18.3 Å². The number of likely N-dealkylation sites (tertiary alicyclic amines) is 1. The zero-order valence-corrected chi connectivity index (χ0v) is 10.7. The Labute approximate surface area is 102 Å². The first-order valence-electron chi connectivity index (χ1n) is 6.01. The van der Waals surface area contributed by atoms with Gasteiger partial charge >= 0.3 is 13.2 Å². The lowest BCUT2D eigenvalue weighted by atomic mass is 9.92. The summed E-state index contributed by atoms with van der Waals surface area (Å²) >= 11 is 0. The van der Waals surface area contributed by atoms with Crippen molar-refractivity contribution in [1.29, 1.82) is 0 Å². The molecule has 0 aromatic carbocycles. The third kappa shape index (κ3) is 5.48. The van der Waals surface area contributed by atoms with Crippen molar-refractivity contribution in [3.63, 3.8) is 0 Å². The first-order chi connectivity index (χ1) is 7.78. The fourth-order valence-electron chi connectivity index (χ4n) is 1.93. The number of ether oxygens (including phenoxy) is 1. The first kappa shape index (κ1) is 14.4. The zero-order chi connectivity index (χ0) is 13.1. The van der Waals surface area contributed by atoms with Gasteiger partial charge in [-0.1, -0.05) is 0 Å². The van der Waals surface area contributed by atoms with Gasteiger partial charge in [0, 0.05) is 6.44 Å². The molecule has 0 amide bonds. The van der Waals surface area contributed by atoms with Crippen molar-refractivity contribution in [3.05, 3.63) is 0 Å². The topological polar surface area (TPSA) is 29.5 Å². The Morgan fingerprint density at radius 1 is 1.35 bits per heavy atom. The molecule has 1 heterocycles. The minimum atomic E-state index is -2.30. The summed E-state index contributed by atoms with van der Waals surface area (Å²) in [6.07, 6.45) is 1.03. The molecule has 1 aliphatic heterocycles. The average Bonchev–Trinajstić information content (AvgIpc) is 2.15. The number of piperidine rings is 1. The van der Waals surface area contributed by atoms with Gasteiger partial charge in [-0.3, -0.25) is 13.4 Å². The lowest BCUT2D eigenvalue weighted by molar-refractivity contribution is -0.161. The van der Waals surface area contributed by atoms with E-state index in [1.54, 1.807) is 4.90 Å². The fraction of sp³-hybridized carbons (Fsp3) is 0.909. The van der Waals surface area contributed by atoms with E-state index in [2.05, 4.69) is 0 Å². The van der Waals surface area contributed by atoms with E-state index in [4.69, 9.17) is 4.74 Å². The van der Waals surface area contributed by atoms with Gasteiger partial charge in [0.05, 0.1) is 5.92 Å². The maximum absolute atomic E-state index is 12.2. The quantitative estimate of drug-likeness (QED) is 0.564. The summed E-state index contributed by atoms with van der Waals surface area (Å²) in [7, 11) is -2.30. The molecule has 0 spiro atoms. The second kappa shape index (κ2) is 5.80. The lowest BCUT2D eigenvalue weighted by Crippen LogP contribution is -2.41. The highest BCUT2D eigenvalue weighted by Crippen LogP contribution is 2.21. The number of rotatable bonds is 3. The molecule has 0 N–H and O–H groups in total. The molecule has 0 aromatic heterocycles. The molecule has 0 aliphatic carbocycles. The van der Waals surface area contributed by atoms with Gasteiger partial charge in [-0.15, -0.1) is 0 Å². The van der Waals surface area contributed by atoms with Crippen LogP contribution in [0.1, 0.15) is 33.6 Å². The Bertz CT molecular complexity index is 261. The van der Waals surface area contributed by atoms with Gasteiger partial charge in [-0.2, -0.15) is 0 Å². The van der Waals surface area contributed by atoms with Crippen LogP contribution in [0, 0.1) is 5.92 Å². The number of halogens is 2. The van der Waals surface area contributed by atoms with Crippen molar-refractivity contribution in [1.82, 2.24) is 4.90 Å². The zero-order valence-electron chi connectivity index (χ0n) is 10.7. The summed E-state index contributed by atoms with van der Waals surface area (Å²) in [5.41, 5.74) is -0.475. The largest absolute Gasteiger partial charge is 0.551 e. The number of carbonyl (C=O) groups excluding carboxylic acids is 1. The third-order valence-corrected chi connectivity index (χ3v) is 2.72. The molecule has 3 nitrogen and oxygen atoms in total. The molecule has 6 heteroatoms. The van der Waals surface area contributed by atoms with Crippen LogP contribution in [0.25, 0.3) is 0 Å². The molecule has 1 aliphatic rings. The summed E-state index contributed by atoms with van der Waals surface area (Å²) in [6, 6.07) is 0. The second-order valence-corrected chi connectivity index (χ2v) is 5.50. The van der Waals surface area contributed by atoms with Crippen LogP contribution in [0.2, 0.25) is 0 Å². The Balaban J connectivity index is 2.34. The van der Waals surface area contributed by atoms with Crippen LogP contribution in [0.4, 0.5) is 8.63 Å². The lowest BCUT2D eigenvalue weighted by Gasteiger charge is -2.31. The van der Waals surface area contributed by atoms with Gasteiger partial charge in [-0.05, 0) is 46.7 Å². The fourth-order valence-corrected chi connectivity index (χ4v) is 1.93. The van der Waals surface area contributed by atoms with Crippen LogP contribution in [-0.4, -0.2) is 43.3 Å². The molecule has 1 fully saturated rings. The number of nitrogens with zero attached hydrogens (tertiary/aromatic N) is 1. The molecule has 1 rings (SSSR count). The van der Waals surface area contributed by atoms with Crippen molar-refractivity contribution < 1.29 is 18.2 Å². The normalized spacial score (nSPS) is 19.1. The predicted octanol–water partition coefficient (Wildman–Crippen LogP) is 2.01. The van der Waals surface area contributed by atoms with Gasteiger partial charge in [0.15, 0.2) is 0 Å². The monoisotopic (exact) mass is 247 g/mol. The van der Waals surface area contributed by atoms with Crippen molar-refractivity contribution in [3.8, 4) is 0 Å². The Morgan fingerprint density at radius 3 is 2.29 bits per heavy atom. The van der Waals surface area contributed by atoms with E-state index >= 15 is 0 Å². The van der Waals surface area contributed by atoms with Crippen LogP contribution in [0.15, 0.2) is 0 Å². The summed E-state index contributed by atoms with van der Waals surface area (Å²) in [6.45, 7) is 6.59. The average molecular weight is 247 g/mol. The Morgan fingerprint density at radius 2 is 1.88 bits per heavy atom. The maximum Gasteiger partial charge on any atom is 0.551 e. The minimum absolute atomic E-state index is 0.136. The van der Waals surface area contributed by atoms with Crippen LogP contribution in [-0.2, 0) is 9.53 Å². The van der Waals surface area contributed by atoms with Crippen LogP contribution in [0.3, 0.4) is 0 Å². The van der Waals surface area contributed by atoms with Gasteiger partial charge in [0.2, 0.25) is 0 Å². The molecular formula is C11H20BF2NO2. The first-order valence-corrected chi connectivity index (χ1v) is 6.01. The summed E-state index contributed by atoms with van der Waals surface area (Å²) in [4.78, 5) is 13.5. The maximum atomic E-state index is 12.2. The van der Waals surface area contributed by atoms with Crippen molar-refractivity contribution in [2.24, 2.45) is 5.92 Å². The highest BCUT2D eigenvalue weighted by Gasteiger charge is 2.30. The molecule has 0 atom stereocenters. The predicted molar refractivity (Wildman–Crippen MR) is 63.0 cm³/mol. The molecule has 17 heavy (non-hydrogen) atoms. The van der Waals surface area contributed by atoms with E-state index in [1.165, 1.54) is 0 Å². The van der Waals surface area contributed by atoms with Gasteiger partial charge < -0.3 is 9.64 Å². The Hall–Kier alpha value is -0.645. The van der Waals surface area contributed by atoms with Crippen molar-refractivity contribution in [2.45, 2.75) is 39.2 Å². The number of hydrogen-bond donors (Lipinski definition) is 0. The van der Waals surface area contributed by atoms with Gasteiger partial charge in [-0.25, -0.2) is 0 Å². The highest BCUT2D eigenvalue weighted by atomic mass is 19.2. The van der Waals surface area contributed by atoms with Crippen LogP contribution in [0.5, 0.6) is 0 Å². The molecule has 1 saturated heterocycles. The van der Waals surface area contributed by atoms with E-state index in [9.17, 15) is 13.4 Å². The second-order valence-electron chi connectivity index (χ2n) is 5.50. The standard InChI is InChI=1S/C11H20BF2NO2/c1-11(2,3)17-10(16)9-4-6-15(7-5-9)8-12(13)14/h9H,4-8H2,1-3H3. The van der Waals surface area contributed by atoms with Crippen molar-refractivity contribution in [2.75, 3.05) is 19.5 Å². The van der Waals surface area contributed by atoms with E-state index in [1.807, 2.05) is 20.8 Å². The number of hydrogen-bond acceptors (Lipinski definition) is 3. The van der Waals surface area contributed by atoms with Crippen LogP contribution >= 0.6 is 0 Å². The van der Waals surface area contributed by atoms with Gasteiger partial charge in [0.1, 0.15) is 5.60 Å². The summed E-state index contributed by atoms with van der Waals surface area (Å²) in [5, 5.41) is 0. The van der Waals surface area contributed by atoms with E-state index in [0.717, 1.165) is 0 Å². The number of esters is 1. The van der Waals surface area contributed by atoms with Crippen LogP contribution < -0.4 is 0 Å². The molecule has 0 radical (unpaired) electrons. The Kier molecular flexibility index (Phi) is 4.92. The van der Waals surface area contributed by atoms with E-state index in [0.29, 0.717) is 25.9 Å². The SMILES string of the molecule is CC(C)(C)OC(=O)C1CCN(CB(F)F)CC1. The van der Waals surface area contributed by atoms with Gasteiger partial charge in [0.25, 0.3) is 0 Å². The molecule has 0 saturated carbocycles. The summed E-state index contributed by atoms with van der Waals surface area (Å²) < 4.78 is 29.6. The van der Waals surface area contributed by atoms with Crippen molar-refractivity contribution >= 4 is 13.2 Å². The molecule has 0 unspecified atom stereocenters. The smallest absolute Gasteiger partial charge is 0.460 e. The number of carbonyl (C=O) groups is 1. The third-order valence-electron chi connectivity index (χ3n) is 2.72. The molecule has 0 aromatic rings. The molecule has 0 bridgehead atoms. The molecule has 98 valence electrons. The van der Waals surface area contributed by atoms with E-state index < -0.39 is 12.9 Å². The summed E-state index contributed by atoms with van der Waals surface area (Å²) in [5.74, 6) is -0.336. The molecular weight excluding hydrogens is 227 g/mol. The minimum Gasteiger partial charge on any atom is -0.460 e. The highest BCUT2D eigenvalue weighted by molar-refractivity contribution is 6.42.